The SMILES string of the molecule is O=C(CCC1CCNCC1)c1ccc2ncoc2c1. The van der Waals surface area contributed by atoms with Crippen molar-refractivity contribution in [2.24, 2.45) is 5.92 Å². The highest BCUT2D eigenvalue weighted by Crippen LogP contribution is 2.21. The molecule has 1 fully saturated rings. The molecule has 2 aromatic rings. The zero-order valence-electron chi connectivity index (χ0n) is 10.9. The average molecular weight is 258 g/mol. The summed E-state index contributed by atoms with van der Waals surface area (Å²) in [7, 11) is 0. The molecular formula is C15H18N2O2. The summed E-state index contributed by atoms with van der Waals surface area (Å²) in [5.41, 5.74) is 2.22. The number of Topliss-reactive ketones (excluding diaryl/α,β-unsaturated/α-hetero) is 1. The van der Waals surface area contributed by atoms with E-state index in [0.29, 0.717) is 17.9 Å². The first kappa shape index (κ1) is 12.4. The normalized spacial score (nSPS) is 16.8. The maximum atomic E-state index is 12.2. The number of aromatic nitrogens is 1. The Hall–Kier alpha value is -1.68. The zero-order valence-corrected chi connectivity index (χ0v) is 10.9. The van der Waals surface area contributed by atoms with Crippen LogP contribution in [-0.4, -0.2) is 23.9 Å². The van der Waals surface area contributed by atoms with Crippen LogP contribution in [-0.2, 0) is 0 Å². The van der Waals surface area contributed by atoms with Gasteiger partial charge in [0.15, 0.2) is 17.8 Å². The van der Waals surface area contributed by atoms with Gasteiger partial charge in [0.05, 0.1) is 0 Å². The fraction of sp³-hybridized carbons (Fsp3) is 0.467. The predicted molar refractivity (Wildman–Crippen MR) is 73.2 cm³/mol. The zero-order chi connectivity index (χ0) is 13.1. The molecule has 2 heterocycles. The predicted octanol–water partition coefficient (Wildman–Crippen LogP) is 2.79. The summed E-state index contributed by atoms with van der Waals surface area (Å²) in [5.74, 6) is 0.899. The Morgan fingerprint density at radius 1 is 1.37 bits per heavy atom. The third-order valence-electron chi connectivity index (χ3n) is 3.89. The molecule has 1 aliphatic heterocycles. The molecule has 1 aliphatic rings. The molecule has 100 valence electrons. The first-order valence-electron chi connectivity index (χ1n) is 6.90. The molecule has 4 nitrogen and oxygen atoms in total. The minimum absolute atomic E-state index is 0.205. The third kappa shape index (κ3) is 2.84. The van der Waals surface area contributed by atoms with Crippen molar-refractivity contribution < 1.29 is 9.21 Å². The molecule has 19 heavy (non-hydrogen) atoms. The number of nitrogens with zero attached hydrogens (tertiary/aromatic N) is 1. The van der Waals surface area contributed by atoms with Crippen molar-refractivity contribution in [2.45, 2.75) is 25.7 Å². The number of ketones is 1. The Bertz CT molecular complexity index is 570. The van der Waals surface area contributed by atoms with Crippen LogP contribution in [0.25, 0.3) is 11.1 Å². The minimum atomic E-state index is 0.205. The number of hydrogen-bond donors (Lipinski definition) is 1. The highest BCUT2D eigenvalue weighted by Gasteiger charge is 2.15. The van der Waals surface area contributed by atoms with E-state index in [2.05, 4.69) is 10.3 Å². The Balaban J connectivity index is 1.62. The molecule has 0 amide bonds. The van der Waals surface area contributed by atoms with Gasteiger partial charge in [-0.05, 0) is 56.5 Å². The van der Waals surface area contributed by atoms with Crippen molar-refractivity contribution in [3.8, 4) is 0 Å². The lowest BCUT2D eigenvalue weighted by Crippen LogP contribution is -2.27. The van der Waals surface area contributed by atoms with E-state index in [1.165, 1.54) is 19.2 Å². The second kappa shape index (κ2) is 5.53. The van der Waals surface area contributed by atoms with Gasteiger partial charge >= 0.3 is 0 Å². The van der Waals surface area contributed by atoms with E-state index in [4.69, 9.17) is 4.42 Å². The van der Waals surface area contributed by atoms with Crippen molar-refractivity contribution in [1.82, 2.24) is 10.3 Å². The first-order chi connectivity index (χ1) is 9.33. The van der Waals surface area contributed by atoms with E-state index in [9.17, 15) is 4.79 Å². The van der Waals surface area contributed by atoms with Gasteiger partial charge in [0.2, 0.25) is 0 Å². The second-order valence-electron chi connectivity index (χ2n) is 5.19. The molecule has 1 saturated heterocycles. The summed E-state index contributed by atoms with van der Waals surface area (Å²) in [6.45, 7) is 2.17. The van der Waals surface area contributed by atoms with Gasteiger partial charge in [-0.3, -0.25) is 4.79 Å². The standard InChI is InChI=1S/C15H18N2O2/c18-14(4-1-11-5-7-16-8-6-11)12-2-3-13-15(9-12)19-10-17-13/h2-3,9-11,16H,1,4-8H2. The number of nitrogens with one attached hydrogen (secondary N) is 1. The largest absolute Gasteiger partial charge is 0.443 e. The maximum Gasteiger partial charge on any atom is 0.181 e. The quantitative estimate of drug-likeness (QED) is 0.857. The monoisotopic (exact) mass is 258 g/mol. The van der Waals surface area contributed by atoms with Crippen LogP contribution in [0.4, 0.5) is 0 Å². The smallest absolute Gasteiger partial charge is 0.181 e. The van der Waals surface area contributed by atoms with E-state index < -0.39 is 0 Å². The van der Waals surface area contributed by atoms with Crippen LogP contribution in [0.1, 0.15) is 36.0 Å². The number of benzene rings is 1. The number of oxazole rings is 1. The summed E-state index contributed by atoms with van der Waals surface area (Å²) in [6.07, 6.45) is 5.41. The van der Waals surface area contributed by atoms with Crippen molar-refractivity contribution in [1.29, 1.82) is 0 Å². The van der Waals surface area contributed by atoms with Crippen LogP contribution in [0.15, 0.2) is 29.0 Å². The number of fused-ring (bicyclic) bond motifs is 1. The average Bonchev–Trinajstić information content (AvgIpc) is 2.93. The Morgan fingerprint density at radius 3 is 3.05 bits per heavy atom. The van der Waals surface area contributed by atoms with Gasteiger partial charge in [-0.2, -0.15) is 0 Å². The van der Waals surface area contributed by atoms with Gasteiger partial charge in [0.25, 0.3) is 0 Å². The second-order valence-corrected chi connectivity index (χ2v) is 5.19. The molecule has 0 aliphatic carbocycles. The first-order valence-corrected chi connectivity index (χ1v) is 6.90. The molecule has 0 atom stereocenters. The van der Waals surface area contributed by atoms with Crippen molar-refractivity contribution in [3.63, 3.8) is 0 Å². The third-order valence-corrected chi connectivity index (χ3v) is 3.89. The van der Waals surface area contributed by atoms with Crippen LogP contribution in [0, 0.1) is 5.92 Å². The Labute approximate surface area is 112 Å². The highest BCUT2D eigenvalue weighted by molar-refractivity contribution is 5.98. The van der Waals surface area contributed by atoms with Gasteiger partial charge in [0, 0.05) is 12.0 Å². The van der Waals surface area contributed by atoms with E-state index in [-0.39, 0.29) is 5.78 Å². The van der Waals surface area contributed by atoms with Crippen LogP contribution in [0.5, 0.6) is 0 Å². The number of piperidine rings is 1. The van der Waals surface area contributed by atoms with Crippen molar-refractivity contribution >= 4 is 16.9 Å². The van der Waals surface area contributed by atoms with E-state index >= 15 is 0 Å². The lowest BCUT2D eigenvalue weighted by atomic mass is 9.91. The highest BCUT2D eigenvalue weighted by atomic mass is 16.3. The van der Waals surface area contributed by atoms with E-state index in [1.54, 1.807) is 6.07 Å². The molecule has 3 rings (SSSR count). The molecule has 0 radical (unpaired) electrons. The number of rotatable bonds is 4. The summed E-state index contributed by atoms with van der Waals surface area (Å²) in [6, 6.07) is 5.49. The van der Waals surface area contributed by atoms with Gasteiger partial charge < -0.3 is 9.73 Å². The molecule has 4 heteroatoms. The molecule has 1 aromatic heterocycles. The Morgan fingerprint density at radius 2 is 2.21 bits per heavy atom. The minimum Gasteiger partial charge on any atom is -0.443 e. The summed E-state index contributed by atoms with van der Waals surface area (Å²) in [4.78, 5) is 16.2. The number of hydrogen-bond acceptors (Lipinski definition) is 4. The number of carbonyl (C=O) groups excluding carboxylic acids is 1. The molecule has 1 N–H and O–H groups in total. The van der Waals surface area contributed by atoms with Crippen LogP contribution in [0.2, 0.25) is 0 Å². The van der Waals surface area contributed by atoms with E-state index in [0.717, 1.165) is 30.6 Å². The molecule has 0 saturated carbocycles. The van der Waals surface area contributed by atoms with Gasteiger partial charge in [-0.15, -0.1) is 0 Å². The van der Waals surface area contributed by atoms with Crippen molar-refractivity contribution in [3.05, 3.63) is 30.2 Å². The molecule has 0 spiro atoms. The van der Waals surface area contributed by atoms with Crippen LogP contribution >= 0.6 is 0 Å². The topological polar surface area (TPSA) is 55.1 Å². The lowest BCUT2D eigenvalue weighted by Gasteiger charge is -2.22. The molecule has 1 aromatic carbocycles. The summed E-state index contributed by atoms with van der Waals surface area (Å²) >= 11 is 0. The van der Waals surface area contributed by atoms with Crippen molar-refractivity contribution in [2.75, 3.05) is 13.1 Å². The van der Waals surface area contributed by atoms with E-state index in [1.807, 2.05) is 12.1 Å². The molecular weight excluding hydrogens is 240 g/mol. The van der Waals surface area contributed by atoms with Gasteiger partial charge in [-0.25, -0.2) is 4.98 Å². The fourth-order valence-electron chi connectivity index (χ4n) is 2.68. The maximum absolute atomic E-state index is 12.2. The molecule has 0 bridgehead atoms. The van der Waals surface area contributed by atoms with Gasteiger partial charge in [0.1, 0.15) is 5.52 Å². The van der Waals surface area contributed by atoms with Crippen LogP contribution in [0.3, 0.4) is 0 Å². The Kier molecular flexibility index (Phi) is 3.60. The molecule has 0 unspecified atom stereocenters. The summed E-state index contributed by atoms with van der Waals surface area (Å²) in [5, 5.41) is 3.35. The fourth-order valence-corrected chi connectivity index (χ4v) is 2.68. The van der Waals surface area contributed by atoms with Gasteiger partial charge in [-0.1, -0.05) is 0 Å². The van der Waals surface area contributed by atoms with Crippen LogP contribution < -0.4 is 5.32 Å². The summed E-state index contributed by atoms with van der Waals surface area (Å²) < 4.78 is 5.23. The lowest BCUT2D eigenvalue weighted by molar-refractivity contribution is 0.0971. The number of carbonyl (C=O) groups is 1.